The number of aryl methyl sites for hydroxylation is 1. The van der Waals surface area contributed by atoms with Crippen LogP contribution in [0.4, 0.5) is 5.82 Å². The molecule has 1 aliphatic rings. The first-order chi connectivity index (χ1) is 19.1. The fourth-order valence-electron chi connectivity index (χ4n) is 4.96. The number of benzene rings is 1. The number of tetrazole rings is 1. The van der Waals surface area contributed by atoms with Crippen molar-refractivity contribution in [3.8, 4) is 28.1 Å². The van der Waals surface area contributed by atoms with Crippen molar-refractivity contribution in [2.75, 3.05) is 25.6 Å². The zero-order valence-corrected chi connectivity index (χ0v) is 22.0. The van der Waals surface area contributed by atoms with Crippen LogP contribution in [0.5, 0.6) is 0 Å². The van der Waals surface area contributed by atoms with Crippen LogP contribution in [0.2, 0.25) is 5.02 Å². The lowest BCUT2D eigenvalue weighted by molar-refractivity contribution is 0.198. The largest absolute Gasteiger partial charge is 0.385 e. The molecule has 0 unspecified atom stereocenters. The van der Waals surface area contributed by atoms with E-state index in [1.165, 1.54) is 6.33 Å². The van der Waals surface area contributed by atoms with Crippen LogP contribution in [0.15, 0.2) is 66.0 Å². The van der Waals surface area contributed by atoms with Crippen LogP contribution < -0.4 is 10.9 Å². The van der Waals surface area contributed by atoms with E-state index in [0.29, 0.717) is 11.6 Å². The van der Waals surface area contributed by atoms with Gasteiger partial charge >= 0.3 is 0 Å². The summed E-state index contributed by atoms with van der Waals surface area (Å²) in [6.45, 7) is 1.50. The minimum absolute atomic E-state index is 0.101. The highest BCUT2D eigenvalue weighted by molar-refractivity contribution is 6.31. The average Bonchev–Trinajstić information content (AvgIpc) is 3.72. The standard InChI is InChI=1S/C27H26ClN9O2/c1-39-10-2-9-29-25-8-3-17(14-30-25)22-15-31-27(33-22)24-7-5-20-11-18(12-26(38)37(20)24)21-13-19(28)4-6-23(21)36-16-32-34-35-36/h3-4,6,8,11-16,24H,2,5,7,9-10H2,1H3,(H,29,30)(H,31,33)/t24-/m0/s1. The molecule has 2 N–H and O–H groups in total. The SMILES string of the molecule is COCCCNc1ccc(-c2cnc([C@@H]3CCc4cc(-c5cc(Cl)ccc5-n5cnnn5)cc(=O)n43)[nH]2)cn1. The van der Waals surface area contributed by atoms with Crippen LogP contribution >= 0.6 is 11.6 Å². The molecule has 6 rings (SSSR count). The Kier molecular flexibility index (Phi) is 6.91. The third kappa shape index (κ3) is 5.06. The summed E-state index contributed by atoms with van der Waals surface area (Å²) >= 11 is 6.31. The molecule has 11 nitrogen and oxygen atoms in total. The van der Waals surface area contributed by atoms with E-state index in [-0.39, 0.29) is 11.6 Å². The molecular formula is C27H26ClN9O2. The van der Waals surface area contributed by atoms with Gasteiger partial charge in [0.15, 0.2) is 0 Å². The Morgan fingerprint density at radius 1 is 1.13 bits per heavy atom. The van der Waals surface area contributed by atoms with Gasteiger partial charge in [0.2, 0.25) is 0 Å². The van der Waals surface area contributed by atoms with E-state index < -0.39 is 0 Å². The van der Waals surface area contributed by atoms with Gasteiger partial charge in [-0.3, -0.25) is 4.79 Å². The molecule has 0 bridgehead atoms. The summed E-state index contributed by atoms with van der Waals surface area (Å²) in [7, 11) is 1.69. The van der Waals surface area contributed by atoms with E-state index in [0.717, 1.165) is 71.2 Å². The number of hydrogen-bond acceptors (Lipinski definition) is 8. The van der Waals surface area contributed by atoms with Crippen molar-refractivity contribution in [2.45, 2.75) is 25.3 Å². The van der Waals surface area contributed by atoms with Gasteiger partial charge in [0.25, 0.3) is 5.56 Å². The lowest BCUT2D eigenvalue weighted by Crippen LogP contribution is -2.23. The van der Waals surface area contributed by atoms with E-state index in [9.17, 15) is 4.79 Å². The topological polar surface area (TPSA) is 128 Å². The molecule has 0 saturated heterocycles. The summed E-state index contributed by atoms with van der Waals surface area (Å²) in [5.41, 5.74) is 4.90. The molecule has 1 atom stereocenters. The van der Waals surface area contributed by atoms with Crippen LogP contribution in [0.25, 0.3) is 28.1 Å². The first kappa shape index (κ1) is 25.0. The number of nitrogens with one attached hydrogen (secondary N) is 2. The molecule has 1 aliphatic heterocycles. The number of fused-ring (bicyclic) bond motifs is 1. The maximum Gasteiger partial charge on any atom is 0.252 e. The Balaban J connectivity index is 1.25. The molecule has 39 heavy (non-hydrogen) atoms. The van der Waals surface area contributed by atoms with Gasteiger partial charge in [-0.1, -0.05) is 11.6 Å². The molecule has 5 heterocycles. The molecule has 1 aromatic carbocycles. The number of H-pyrrole nitrogens is 1. The maximum atomic E-state index is 13.4. The summed E-state index contributed by atoms with van der Waals surface area (Å²) in [5.74, 6) is 1.56. The van der Waals surface area contributed by atoms with E-state index in [1.54, 1.807) is 30.1 Å². The Hall–Kier alpha value is -4.35. The van der Waals surface area contributed by atoms with Gasteiger partial charge in [0.05, 0.1) is 23.6 Å². The number of pyridine rings is 2. The number of nitrogens with zero attached hydrogens (tertiary/aromatic N) is 7. The number of ether oxygens (including phenoxy) is 1. The Bertz CT molecular complexity index is 1650. The summed E-state index contributed by atoms with van der Waals surface area (Å²) in [5, 5.41) is 15.3. The van der Waals surface area contributed by atoms with Crippen LogP contribution in [0.1, 0.15) is 30.4 Å². The van der Waals surface area contributed by atoms with E-state index in [4.69, 9.17) is 16.3 Å². The van der Waals surface area contributed by atoms with Crippen LogP contribution in [0.3, 0.4) is 0 Å². The molecule has 0 radical (unpaired) electrons. The highest BCUT2D eigenvalue weighted by atomic mass is 35.5. The molecule has 0 amide bonds. The highest BCUT2D eigenvalue weighted by Gasteiger charge is 2.28. The van der Waals surface area contributed by atoms with Gasteiger partial charge < -0.3 is 19.6 Å². The molecule has 5 aromatic rings. The van der Waals surface area contributed by atoms with E-state index >= 15 is 0 Å². The molecule has 198 valence electrons. The quantitative estimate of drug-likeness (QED) is 0.268. The Morgan fingerprint density at radius 3 is 2.85 bits per heavy atom. The highest BCUT2D eigenvalue weighted by Crippen LogP contribution is 2.34. The number of aromatic nitrogens is 8. The van der Waals surface area contributed by atoms with Crippen LogP contribution in [-0.4, -0.2) is 60.0 Å². The number of rotatable bonds is 9. The Labute approximate surface area is 228 Å². The second-order valence-corrected chi connectivity index (χ2v) is 9.74. The molecule has 0 aliphatic carbocycles. The summed E-state index contributed by atoms with van der Waals surface area (Å²) < 4.78 is 8.45. The minimum atomic E-state index is -0.177. The van der Waals surface area contributed by atoms with E-state index in [2.05, 4.69) is 35.8 Å². The van der Waals surface area contributed by atoms with Gasteiger partial charge in [-0.2, -0.15) is 4.68 Å². The third-order valence-electron chi connectivity index (χ3n) is 6.82. The van der Waals surface area contributed by atoms with Crippen molar-refractivity contribution in [2.24, 2.45) is 0 Å². The average molecular weight is 544 g/mol. The van der Waals surface area contributed by atoms with Gasteiger partial charge in [0, 0.05) is 54.4 Å². The van der Waals surface area contributed by atoms with Gasteiger partial charge in [-0.25, -0.2) is 9.97 Å². The summed E-state index contributed by atoms with van der Waals surface area (Å²) in [4.78, 5) is 26.0. The van der Waals surface area contributed by atoms with Crippen molar-refractivity contribution in [3.05, 3.63) is 88.1 Å². The zero-order valence-electron chi connectivity index (χ0n) is 21.2. The zero-order chi connectivity index (χ0) is 26.8. The molecule has 0 saturated carbocycles. The molecule has 4 aromatic heterocycles. The first-order valence-electron chi connectivity index (χ1n) is 12.6. The van der Waals surface area contributed by atoms with Crippen molar-refractivity contribution < 1.29 is 4.74 Å². The lowest BCUT2D eigenvalue weighted by atomic mass is 10.0. The van der Waals surface area contributed by atoms with E-state index in [1.807, 2.05) is 41.1 Å². The first-order valence-corrected chi connectivity index (χ1v) is 13.0. The second-order valence-electron chi connectivity index (χ2n) is 9.30. The minimum Gasteiger partial charge on any atom is -0.385 e. The third-order valence-corrected chi connectivity index (χ3v) is 7.05. The number of hydrogen-bond donors (Lipinski definition) is 2. The molecular weight excluding hydrogens is 518 g/mol. The number of methoxy groups -OCH3 is 1. The Morgan fingerprint density at radius 2 is 2.05 bits per heavy atom. The van der Waals surface area contributed by atoms with Crippen molar-refractivity contribution in [1.29, 1.82) is 0 Å². The molecule has 0 spiro atoms. The number of imidazole rings is 1. The fourth-order valence-corrected chi connectivity index (χ4v) is 5.14. The predicted octanol–water partition coefficient (Wildman–Crippen LogP) is 3.91. The van der Waals surface area contributed by atoms with Crippen molar-refractivity contribution in [1.82, 2.24) is 39.7 Å². The van der Waals surface area contributed by atoms with Crippen LogP contribution in [-0.2, 0) is 11.2 Å². The fraction of sp³-hybridized carbons (Fsp3) is 0.259. The molecule has 0 fully saturated rings. The van der Waals surface area contributed by atoms with Gasteiger partial charge in [0.1, 0.15) is 18.0 Å². The summed E-state index contributed by atoms with van der Waals surface area (Å²) in [6, 6.07) is 12.9. The number of halogens is 1. The maximum absolute atomic E-state index is 13.4. The van der Waals surface area contributed by atoms with Crippen LogP contribution in [0, 0.1) is 0 Å². The van der Waals surface area contributed by atoms with Crippen molar-refractivity contribution >= 4 is 17.4 Å². The van der Waals surface area contributed by atoms with Crippen molar-refractivity contribution in [3.63, 3.8) is 0 Å². The smallest absolute Gasteiger partial charge is 0.252 e. The van der Waals surface area contributed by atoms with Gasteiger partial charge in [-0.05, 0) is 71.7 Å². The summed E-state index contributed by atoms with van der Waals surface area (Å²) in [6.07, 6.45) is 7.54. The number of anilines is 1. The second kappa shape index (κ2) is 10.8. The number of aromatic amines is 1. The predicted molar refractivity (Wildman–Crippen MR) is 147 cm³/mol. The normalized spacial score (nSPS) is 14.5. The molecule has 12 heteroatoms. The monoisotopic (exact) mass is 543 g/mol. The lowest BCUT2D eigenvalue weighted by Gasteiger charge is -2.15. The van der Waals surface area contributed by atoms with Gasteiger partial charge in [-0.15, -0.1) is 5.10 Å².